The molecular weight excluding hydrogens is 428 g/mol. The average Bonchev–Trinajstić information content (AvgIpc) is 3.19. The molecule has 0 spiro atoms. The Labute approximate surface area is 188 Å². The third-order valence-corrected chi connectivity index (χ3v) is 5.14. The van der Waals surface area contributed by atoms with Crippen molar-refractivity contribution >= 4 is 40.7 Å². The lowest BCUT2D eigenvalue weighted by Gasteiger charge is -2.20. The summed E-state index contributed by atoms with van der Waals surface area (Å²) in [6, 6.07) is 15.3. The summed E-state index contributed by atoms with van der Waals surface area (Å²) in [5.74, 6) is -1.47. The minimum Gasteiger partial charge on any atom is -0.478 e. The van der Waals surface area contributed by atoms with Crippen molar-refractivity contribution in [2.24, 2.45) is 0 Å². The monoisotopic (exact) mass is 446 g/mol. The Morgan fingerprint density at radius 3 is 2.03 bits per heavy atom. The first kappa shape index (κ1) is 21.2. The molecule has 0 saturated carbocycles. The predicted molar refractivity (Wildman–Crippen MR) is 122 cm³/mol. The van der Waals surface area contributed by atoms with Crippen LogP contribution in [0.5, 0.6) is 0 Å². The van der Waals surface area contributed by atoms with E-state index in [-0.39, 0.29) is 16.2 Å². The van der Waals surface area contributed by atoms with Crippen LogP contribution in [-0.4, -0.2) is 28.0 Å². The van der Waals surface area contributed by atoms with Gasteiger partial charge in [0.25, 0.3) is 11.8 Å². The van der Waals surface area contributed by atoms with Crippen LogP contribution in [0.15, 0.2) is 64.6 Å². The van der Waals surface area contributed by atoms with Crippen molar-refractivity contribution in [3.05, 3.63) is 88.2 Å². The Morgan fingerprint density at radius 2 is 1.47 bits per heavy atom. The lowest BCUT2D eigenvalue weighted by atomic mass is 9.93. The van der Waals surface area contributed by atoms with Gasteiger partial charge in [-0.15, -0.1) is 0 Å². The van der Waals surface area contributed by atoms with E-state index in [1.165, 1.54) is 12.1 Å². The van der Waals surface area contributed by atoms with Crippen LogP contribution < -0.4 is 10.6 Å². The van der Waals surface area contributed by atoms with E-state index in [2.05, 4.69) is 10.6 Å². The Kier molecular flexibility index (Phi) is 5.46. The summed E-state index contributed by atoms with van der Waals surface area (Å²) < 4.78 is 6.04. The Morgan fingerprint density at radius 1 is 0.875 bits per heavy atom. The molecule has 1 aromatic heterocycles. The molecule has 0 unspecified atom stereocenters. The molecule has 7 nitrogen and oxygen atoms in total. The first-order chi connectivity index (χ1) is 15.2. The van der Waals surface area contributed by atoms with Crippen molar-refractivity contribution in [1.82, 2.24) is 10.6 Å². The number of hydrogen-bond acceptors (Lipinski definition) is 5. The van der Waals surface area contributed by atoms with E-state index < -0.39 is 17.8 Å². The third kappa shape index (κ3) is 4.08. The number of nitrogens with one attached hydrogen (secondary N) is 2. The van der Waals surface area contributed by atoms with E-state index in [1.54, 1.807) is 24.3 Å². The van der Waals surface area contributed by atoms with Crippen molar-refractivity contribution < 1.29 is 23.9 Å². The molecule has 3 N–H and O–H groups in total. The molecule has 2 heterocycles. The van der Waals surface area contributed by atoms with Crippen molar-refractivity contribution in [3.8, 4) is 11.3 Å². The van der Waals surface area contributed by atoms with Crippen LogP contribution in [0.25, 0.3) is 16.9 Å². The highest BCUT2D eigenvalue weighted by Crippen LogP contribution is 2.33. The maximum Gasteiger partial charge on any atom is 0.335 e. The Balaban J connectivity index is 1.87. The topological polar surface area (TPSA) is 109 Å². The number of hydrogen-bond donors (Lipinski definition) is 3. The van der Waals surface area contributed by atoms with Gasteiger partial charge in [0, 0.05) is 11.1 Å². The molecule has 1 saturated heterocycles. The van der Waals surface area contributed by atoms with Crippen molar-refractivity contribution in [3.63, 3.8) is 0 Å². The van der Waals surface area contributed by atoms with Crippen LogP contribution >= 0.6 is 12.2 Å². The van der Waals surface area contributed by atoms with Gasteiger partial charge in [-0.25, -0.2) is 4.79 Å². The van der Waals surface area contributed by atoms with Crippen LogP contribution in [0.1, 0.15) is 32.8 Å². The lowest BCUT2D eigenvalue weighted by molar-refractivity contribution is -0.123. The van der Waals surface area contributed by atoms with Gasteiger partial charge in [-0.3, -0.25) is 20.2 Å². The molecule has 160 valence electrons. The number of furan rings is 1. The molecule has 0 aliphatic carbocycles. The van der Waals surface area contributed by atoms with E-state index >= 15 is 0 Å². The van der Waals surface area contributed by atoms with Crippen LogP contribution in [0, 0.1) is 13.8 Å². The standard InChI is InChI=1S/C24H18N2O5S/c1-12-9-13(2)11-16(10-12)19(20-21(27)25-24(32)26-22(20)28)18-8-7-17(31-18)14-3-5-15(6-4-14)23(29)30/h3-11H,1-2H3,(H,29,30)(H2,25,26,27,28,32). The highest BCUT2D eigenvalue weighted by Gasteiger charge is 2.32. The first-order valence-corrected chi connectivity index (χ1v) is 10.1. The summed E-state index contributed by atoms with van der Waals surface area (Å²) in [6.45, 7) is 3.85. The summed E-state index contributed by atoms with van der Waals surface area (Å²) in [5.41, 5.74) is 3.61. The van der Waals surface area contributed by atoms with E-state index in [1.807, 2.05) is 32.0 Å². The number of aromatic carboxylic acids is 1. The van der Waals surface area contributed by atoms with E-state index in [0.29, 0.717) is 28.2 Å². The van der Waals surface area contributed by atoms with Gasteiger partial charge in [-0.05, 0) is 55.9 Å². The highest BCUT2D eigenvalue weighted by atomic mass is 32.1. The summed E-state index contributed by atoms with van der Waals surface area (Å²) in [5, 5.41) is 14.0. The minimum absolute atomic E-state index is 0.0535. The molecule has 32 heavy (non-hydrogen) atoms. The lowest BCUT2D eigenvalue weighted by Crippen LogP contribution is -2.51. The summed E-state index contributed by atoms with van der Waals surface area (Å²) >= 11 is 4.92. The molecule has 1 aliphatic heterocycles. The number of carbonyl (C=O) groups excluding carboxylic acids is 2. The first-order valence-electron chi connectivity index (χ1n) is 9.66. The van der Waals surface area contributed by atoms with Crippen LogP contribution in [-0.2, 0) is 9.59 Å². The van der Waals surface area contributed by atoms with Crippen molar-refractivity contribution in [2.45, 2.75) is 13.8 Å². The number of benzene rings is 2. The predicted octanol–water partition coefficient (Wildman–Crippen LogP) is 3.59. The zero-order valence-corrected chi connectivity index (χ0v) is 18.0. The smallest absolute Gasteiger partial charge is 0.335 e. The molecule has 0 atom stereocenters. The zero-order chi connectivity index (χ0) is 23.0. The fourth-order valence-corrected chi connectivity index (χ4v) is 3.81. The number of carbonyl (C=O) groups is 3. The third-order valence-electron chi connectivity index (χ3n) is 4.94. The van der Waals surface area contributed by atoms with Crippen LogP contribution in [0.4, 0.5) is 0 Å². The normalized spacial score (nSPS) is 13.6. The van der Waals surface area contributed by atoms with E-state index in [9.17, 15) is 14.4 Å². The maximum absolute atomic E-state index is 12.7. The number of carboxylic acids is 1. The molecule has 0 radical (unpaired) electrons. The summed E-state index contributed by atoms with van der Waals surface area (Å²) in [6.07, 6.45) is 0. The molecule has 1 fully saturated rings. The molecule has 0 bridgehead atoms. The summed E-state index contributed by atoms with van der Waals surface area (Å²) in [7, 11) is 0. The summed E-state index contributed by atoms with van der Waals surface area (Å²) in [4.78, 5) is 36.6. The van der Waals surface area contributed by atoms with Gasteiger partial charge in [-0.2, -0.15) is 0 Å². The fourth-order valence-electron chi connectivity index (χ4n) is 3.63. The minimum atomic E-state index is -1.02. The molecule has 8 heteroatoms. The zero-order valence-electron chi connectivity index (χ0n) is 17.2. The molecule has 2 amide bonds. The molecule has 2 aromatic carbocycles. The largest absolute Gasteiger partial charge is 0.478 e. The Bertz CT molecular complexity index is 1280. The average molecular weight is 446 g/mol. The van der Waals surface area contributed by atoms with Gasteiger partial charge in [0.05, 0.1) is 5.56 Å². The van der Waals surface area contributed by atoms with Gasteiger partial charge >= 0.3 is 5.97 Å². The van der Waals surface area contributed by atoms with E-state index in [4.69, 9.17) is 21.7 Å². The van der Waals surface area contributed by atoms with Gasteiger partial charge in [0.15, 0.2) is 5.11 Å². The van der Waals surface area contributed by atoms with Gasteiger partial charge in [0.1, 0.15) is 17.1 Å². The number of thiocarbonyl (C=S) groups is 1. The second-order valence-corrected chi connectivity index (χ2v) is 7.82. The molecular formula is C24H18N2O5S. The molecule has 1 aliphatic rings. The van der Waals surface area contributed by atoms with Crippen molar-refractivity contribution in [2.75, 3.05) is 0 Å². The van der Waals surface area contributed by atoms with Gasteiger partial charge in [-0.1, -0.05) is 41.5 Å². The van der Waals surface area contributed by atoms with E-state index in [0.717, 1.165) is 11.1 Å². The van der Waals surface area contributed by atoms with Gasteiger partial charge < -0.3 is 9.52 Å². The second-order valence-electron chi connectivity index (χ2n) is 7.41. The van der Waals surface area contributed by atoms with Crippen LogP contribution in [0.2, 0.25) is 0 Å². The second kappa shape index (κ2) is 8.24. The number of rotatable bonds is 4. The quantitative estimate of drug-likeness (QED) is 0.321. The molecule has 4 rings (SSSR count). The highest BCUT2D eigenvalue weighted by molar-refractivity contribution is 7.80. The number of aryl methyl sites for hydroxylation is 2. The number of amides is 2. The number of carboxylic acid groups (broad SMARTS) is 1. The van der Waals surface area contributed by atoms with Gasteiger partial charge in [0.2, 0.25) is 0 Å². The molecule has 3 aromatic rings. The Hall–Kier alpha value is -4.04. The SMILES string of the molecule is Cc1cc(C)cc(C(=C2C(=O)NC(=S)NC2=O)c2ccc(-c3ccc(C(=O)O)cc3)o2)c1. The fraction of sp³-hybridized carbons (Fsp3) is 0.0833. The van der Waals surface area contributed by atoms with Crippen LogP contribution in [0.3, 0.4) is 0 Å². The van der Waals surface area contributed by atoms with Crippen molar-refractivity contribution in [1.29, 1.82) is 0 Å². The maximum atomic E-state index is 12.7.